The van der Waals surface area contributed by atoms with Crippen LogP contribution in [0.25, 0.3) is 0 Å². The van der Waals surface area contributed by atoms with Crippen molar-refractivity contribution in [3.05, 3.63) is 47.6 Å². The minimum Gasteiger partial charge on any atom is -0.480 e. The zero-order valence-corrected chi connectivity index (χ0v) is 16.0. The van der Waals surface area contributed by atoms with Gasteiger partial charge in [-0.1, -0.05) is 35.5 Å². The fraction of sp³-hybridized carbons (Fsp3) is 0.444. The molecule has 1 aromatic carbocycles. The second-order valence-corrected chi connectivity index (χ2v) is 6.67. The molecule has 29 heavy (non-hydrogen) atoms. The van der Waals surface area contributed by atoms with E-state index in [-0.39, 0.29) is 18.1 Å². The summed E-state index contributed by atoms with van der Waals surface area (Å²) in [4.78, 5) is 27.8. The van der Waals surface area contributed by atoms with Gasteiger partial charge in [0, 0.05) is 6.42 Å². The Morgan fingerprint density at radius 3 is 2.34 bits per heavy atom. The first kappa shape index (κ1) is 22.3. The van der Waals surface area contributed by atoms with Gasteiger partial charge in [-0.25, -0.2) is 9.59 Å². The van der Waals surface area contributed by atoms with E-state index >= 15 is 0 Å². The van der Waals surface area contributed by atoms with Crippen molar-refractivity contribution in [1.29, 1.82) is 0 Å². The van der Waals surface area contributed by atoms with E-state index in [1.807, 2.05) is 0 Å². The highest BCUT2D eigenvalue weighted by molar-refractivity contribution is 5.83. The van der Waals surface area contributed by atoms with Crippen LogP contribution in [0.15, 0.2) is 34.9 Å². The number of carboxylic acids is 1. The van der Waals surface area contributed by atoms with E-state index in [4.69, 9.17) is 10.3 Å². The average Bonchev–Trinajstić information content (AvgIpc) is 3.15. The molecule has 5 atom stereocenters. The minimum atomic E-state index is -1.21. The first-order valence-corrected chi connectivity index (χ1v) is 8.98. The van der Waals surface area contributed by atoms with Gasteiger partial charge in [0.1, 0.15) is 12.1 Å². The summed E-state index contributed by atoms with van der Waals surface area (Å²) < 4.78 is 5.04. The number of nitrogens with two attached hydrogens (primary N) is 1. The van der Waals surface area contributed by atoms with Gasteiger partial charge in [-0.05, 0) is 19.4 Å². The largest absolute Gasteiger partial charge is 0.480 e. The number of carbonyl (C=O) groups excluding carboxylic acids is 1. The first-order valence-electron chi connectivity index (χ1n) is 8.98. The predicted molar refractivity (Wildman–Crippen MR) is 101 cm³/mol. The lowest BCUT2D eigenvalue weighted by Crippen LogP contribution is -2.49. The fourth-order valence-corrected chi connectivity index (χ4v) is 2.50. The molecule has 0 fully saturated rings. The second-order valence-electron chi connectivity index (χ2n) is 6.67. The van der Waals surface area contributed by atoms with Crippen LogP contribution in [0, 0.1) is 0 Å². The van der Waals surface area contributed by atoms with E-state index in [0.29, 0.717) is 0 Å². The summed E-state index contributed by atoms with van der Waals surface area (Å²) >= 11 is 0. The second kappa shape index (κ2) is 9.96. The van der Waals surface area contributed by atoms with Crippen molar-refractivity contribution < 1.29 is 29.4 Å². The molecule has 1 aromatic heterocycles. The Bertz CT molecular complexity index is 810. The quantitative estimate of drug-likeness (QED) is 0.329. The van der Waals surface area contributed by atoms with E-state index in [0.717, 1.165) is 5.56 Å². The van der Waals surface area contributed by atoms with Crippen molar-refractivity contribution in [2.75, 3.05) is 0 Å². The van der Waals surface area contributed by atoms with Crippen molar-refractivity contribution in [2.45, 2.75) is 50.6 Å². The molecule has 11 heteroatoms. The number of nitrogens with zero attached hydrogens (tertiary/aromatic N) is 2. The number of carboxylic acid groups (broad SMARTS) is 1. The van der Waals surface area contributed by atoms with E-state index in [1.165, 1.54) is 13.8 Å². The van der Waals surface area contributed by atoms with Crippen molar-refractivity contribution in [3.8, 4) is 0 Å². The molecule has 0 aliphatic carbocycles. The number of hydrogen-bond acceptors (Lipinski definition) is 8. The predicted octanol–water partition coefficient (Wildman–Crippen LogP) is -0.133. The normalized spacial score (nSPS) is 16.3. The number of carbonyl (C=O) groups is 2. The molecular weight excluding hydrogens is 382 g/mol. The van der Waals surface area contributed by atoms with Crippen LogP contribution >= 0.6 is 0 Å². The van der Waals surface area contributed by atoms with Crippen LogP contribution < -0.4 is 16.4 Å². The lowest BCUT2D eigenvalue weighted by atomic mass is 10.1. The number of urea groups is 1. The summed E-state index contributed by atoms with van der Waals surface area (Å²) in [7, 11) is 0. The molecule has 0 radical (unpaired) electrons. The van der Waals surface area contributed by atoms with Crippen LogP contribution in [-0.2, 0) is 11.2 Å². The molecule has 0 saturated carbocycles. The number of aliphatic hydroxyl groups excluding tert-OH is 2. The number of rotatable bonds is 9. The topological polar surface area (TPSA) is 184 Å². The molecule has 3 unspecified atom stereocenters. The van der Waals surface area contributed by atoms with Crippen LogP contribution in [0.4, 0.5) is 4.79 Å². The van der Waals surface area contributed by atoms with Gasteiger partial charge in [0.15, 0.2) is 5.82 Å². The van der Waals surface area contributed by atoms with E-state index < -0.39 is 42.3 Å². The SMILES string of the molecule is CC(O)C(N)c1noc(C(NC(=O)N[C@@H](Cc2ccccc2)C(=O)O)[C@H](C)O)n1. The monoisotopic (exact) mass is 407 g/mol. The van der Waals surface area contributed by atoms with Gasteiger partial charge >= 0.3 is 12.0 Å². The van der Waals surface area contributed by atoms with Crippen LogP contribution in [0.1, 0.15) is 43.2 Å². The maximum absolute atomic E-state index is 12.3. The number of aromatic nitrogens is 2. The molecule has 158 valence electrons. The van der Waals surface area contributed by atoms with Crippen molar-refractivity contribution in [2.24, 2.45) is 5.73 Å². The molecule has 2 aromatic rings. The molecule has 0 aliphatic rings. The van der Waals surface area contributed by atoms with Gasteiger partial charge in [-0.2, -0.15) is 4.98 Å². The smallest absolute Gasteiger partial charge is 0.326 e. The minimum absolute atomic E-state index is 0.00958. The summed E-state index contributed by atoms with van der Waals surface area (Å²) in [5, 5.41) is 37.3. The number of aliphatic hydroxyl groups is 2. The summed E-state index contributed by atoms with van der Waals surface area (Å²) in [5.41, 5.74) is 6.48. The Balaban J connectivity index is 2.07. The van der Waals surface area contributed by atoms with Gasteiger partial charge in [-0.3, -0.25) is 0 Å². The Morgan fingerprint density at radius 2 is 1.79 bits per heavy atom. The van der Waals surface area contributed by atoms with Gasteiger partial charge in [0.25, 0.3) is 5.89 Å². The summed E-state index contributed by atoms with van der Waals surface area (Å²) in [5.74, 6) is -1.33. The van der Waals surface area contributed by atoms with E-state index in [9.17, 15) is 24.9 Å². The van der Waals surface area contributed by atoms with Gasteiger partial charge in [-0.15, -0.1) is 0 Å². The number of aliphatic carboxylic acids is 1. The highest BCUT2D eigenvalue weighted by Crippen LogP contribution is 2.18. The zero-order valence-electron chi connectivity index (χ0n) is 16.0. The molecular formula is C18H25N5O6. The maximum atomic E-state index is 12.3. The first-order chi connectivity index (χ1) is 13.7. The van der Waals surface area contributed by atoms with Gasteiger partial charge in [0.2, 0.25) is 0 Å². The van der Waals surface area contributed by atoms with E-state index in [2.05, 4.69) is 20.8 Å². The van der Waals surface area contributed by atoms with Gasteiger partial charge < -0.3 is 36.2 Å². The van der Waals surface area contributed by atoms with Crippen LogP contribution in [-0.4, -0.2) is 55.7 Å². The van der Waals surface area contributed by atoms with Crippen LogP contribution in [0.5, 0.6) is 0 Å². The lowest BCUT2D eigenvalue weighted by Gasteiger charge is -2.20. The molecule has 0 spiro atoms. The highest BCUT2D eigenvalue weighted by Gasteiger charge is 2.29. The zero-order chi connectivity index (χ0) is 21.6. The summed E-state index contributed by atoms with van der Waals surface area (Å²) in [6, 6.07) is 4.80. The third-order valence-electron chi connectivity index (χ3n) is 4.20. The number of benzene rings is 1. The third kappa shape index (κ3) is 6.24. The Hall–Kier alpha value is -3.02. The molecule has 11 nitrogen and oxygen atoms in total. The standard InChI is InChI=1S/C18H25N5O6/c1-9(24)13(19)15-22-16(29-23-15)14(10(2)25)21-18(28)20-12(17(26)27)8-11-6-4-3-5-7-11/h3-7,9-10,12-14,24-25H,8,19H2,1-2H3,(H,26,27)(H2,20,21,28)/t9?,10-,12-,13?,14?/m0/s1. The molecule has 2 amide bonds. The Labute approximate surface area is 166 Å². The Kier molecular flexibility index (Phi) is 7.65. The number of nitrogens with one attached hydrogen (secondary N) is 2. The summed E-state index contributed by atoms with van der Waals surface area (Å²) in [6.45, 7) is 2.85. The number of hydrogen-bond donors (Lipinski definition) is 6. The molecule has 7 N–H and O–H groups in total. The molecule has 0 saturated heterocycles. The fourth-order valence-electron chi connectivity index (χ4n) is 2.50. The van der Waals surface area contributed by atoms with Crippen LogP contribution in [0.3, 0.4) is 0 Å². The third-order valence-corrected chi connectivity index (χ3v) is 4.20. The van der Waals surface area contributed by atoms with Gasteiger partial charge in [0.05, 0.1) is 18.2 Å². The molecule has 0 bridgehead atoms. The Morgan fingerprint density at radius 1 is 1.14 bits per heavy atom. The van der Waals surface area contributed by atoms with E-state index in [1.54, 1.807) is 30.3 Å². The maximum Gasteiger partial charge on any atom is 0.326 e. The van der Waals surface area contributed by atoms with Crippen molar-refractivity contribution >= 4 is 12.0 Å². The highest BCUT2D eigenvalue weighted by atomic mass is 16.5. The molecule has 2 rings (SSSR count). The average molecular weight is 407 g/mol. The molecule has 0 aliphatic heterocycles. The van der Waals surface area contributed by atoms with Crippen LogP contribution in [0.2, 0.25) is 0 Å². The molecule has 1 heterocycles. The summed E-state index contributed by atoms with van der Waals surface area (Å²) in [6.07, 6.45) is -1.98. The lowest BCUT2D eigenvalue weighted by molar-refractivity contribution is -0.139. The van der Waals surface area contributed by atoms with Crippen molar-refractivity contribution in [3.63, 3.8) is 0 Å². The van der Waals surface area contributed by atoms with Crippen molar-refractivity contribution in [1.82, 2.24) is 20.8 Å². The number of amides is 2.